The van der Waals surface area contributed by atoms with E-state index in [1.165, 1.54) is 26.7 Å². The molecule has 0 aromatic heterocycles. The number of halogens is 1. The van der Waals surface area contributed by atoms with E-state index in [0.29, 0.717) is 0 Å². The van der Waals surface area contributed by atoms with Crippen molar-refractivity contribution in [1.82, 2.24) is 5.32 Å². The highest BCUT2D eigenvalue weighted by Gasteiger charge is 2.15. The first kappa shape index (κ1) is 14.3. The summed E-state index contributed by atoms with van der Waals surface area (Å²) in [7, 11) is 0. The lowest BCUT2D eigenvalue weighted by Gasteiger charge is -2.21. The lowest BCUT2D eigenvalue weighted by Crippen LogP contribution is -2.22. The zero-order valence-corrected chi connectivity index (χ0v) is 13.3. The van der Waals surface area contributed by atoms with Crippen molar-refractivity contribution >= 4 is 15.9 Å². The zero-order valence-electron chi connectivity index (χ0n) is 11.7. The first-order valence-electron chi connectivity index (χ1n) is 6.68. The standard InChI is InChI=1S/C17H20BrN/c1-4-19-17(15-8-6-5-7-12(15)2)14-10-9-13(3)16(18)11-14/h5-11,17,19H,4H2,1-3H3. The summed E-state index contributed by atoms with van der Waals surface area (Å²) < 4.78 is 1.17. The van der Waals surface area contributed by atoms with Gasteiger partial charge in [-0.1, -0.05) is 59.3 Å². The second-order valence-corrected chi connectivity index (χ2v) is 5.71. The predicted octanol–water partition coefficient (Wildman–Crippen LogP) is 4.76. The maximum atomic E-state index is 3.63. The summed E-state index contributed by atoms with van der Waals surface area (Å²) in [6.07, 6.45) is 0. The van der Waals surface area contributed by atoms with Gasteiger partial charge < -0.3 is 5.32 Å². The molecule has 100 valence electrons. The Balaban J connectivity index is 2.45. The van der Waals surface area contributed by atoms with Crippen LogP contribution in [0.2, 0.25) is 0 Å². The molecule has 0 amide bonds. The Morgan fingerprint density at radius 1 is 1.05 bits per heavy atom. The van der Waals surface area contributed by atoms with Crippen molar-refractivity contribution < 1.29 is 0 Å². The molecular formula is C17H20BrN. The molecule has 2 heteroatoms. The van der Waals surface area contributed by atoms with Crippen molar-refractivity contribution in [2.45, 2.75) is 26.8 Å². The molecule has 0 bridgehead atoms. The van der Waals surface area contributed by atoms with E-state index < -0.39 is 0 Å². The Morgan fingerprint density at radius 3 is 2.42 bits per heavy atom. The van der Waals surface area contributed by atoms with Gasteiger partial charge in [0.25, 0.3) is 0 Å². The molecule has 0 aliphatic rings. The Morgan fingerprint density at radius 2 is 1.79 bits per heavy atom. The Bertz CT molecular complexity index is 563. The molecule has 2 aromatic rings. The fourth-order valence-corrected chi connectivity index (χ4v) is 2.71. The largest absolute Gasteiger partial charge is 0.307 e. The van der Waals surface area contributed by atoms with Gasteiger partial charge in [-0.3, -0.25) is 0 Å². The molecular weight excluding hydrogens is 298 g/mol. The highest BCUT2D eigenvalue weighted by molar-refractivity contribution is 9.10. The van der Waals surface area contributed by atoms with Crippen LogP contribution in [0, 0.1) is 13.8 Å². The average Bonchev–Trinajstić information content (AvgIpc) is 2.40. The second kappa shape index (κ2) is 6.36. The molecule has 1 nitrogen and oxygen atoms in total. The number of hydrogen-bond acceptors (Lipinski definition) is 1. The number of aryl methyl sites for hydroxylation is 2. The second-order valence-electron chi connectivity index (χ2n) is 4.86. The van der Waals surface area contributed by atoms with Crippen LogP contribution in [0.1, 0.15) is 35.2 Å². The minimum Gasteiger partial charge on any atom is -0.307 e. The van der Waals surface area contributed by atoms with Crippen LogP contribution in [0.5, 0.6) is 0 Å². The van der Waals surface area contributed by atoms with Crippen molar-refractivity contribution in [2.75, 3.05) is 6.54 Å². The first-order valence-corrected chi connectivity index (χ1v) is 7.47. The van der Waals surface area contributed by atoms with E-state index in [4.69, 9.17) is 0 Å². The highest BCUT2D eigenvalue weighted by Crippen LogP contribution is 2.28. The van der Waals surface area contributed by atoms with E-state index >= 15 is 0 Å². The van der Waals surface area contributed by atoms with Crippen molar-refractivity contribution in [3.05, 3.63) is 69.2 Å². The zero-order chi connectivity index (χ0) is 13.8. The van der Waals surface area contributed by atoms with Crippen LogP contribution in [0.4, 0.5) is 0 Å². The summed E-state index contributed by atoms with van der Waals surface area (Å²) in [5.74, 6) is 0. The lowest BCUT2D eigenvalue weighted by atomic mass is 9.94. The molecule has 0 aliphatic heterocycles. The fourth-order valence-electron chi connectivity index (χ4n) is 2.31. The monoisotopic (exact) mass is 317 g/mol. The van der Waals surface area contributed by atoms with Gasteiger partial charge in [0.2, 0.25) is 0 Å². The molecule has 1 N–H and O–H groups in total. The van der Waals surface area contributed by atoms with E-state index in [1.54, 1.807) is 0 Å². The topological polar surface area (TPSA) is 12.0 Å². The lowest BCUT2D eigenvalue weighted by molar-refractivity contribution is 0.627. The summed E-state index contributed by atoms with van der Waals surface area (Å²) in [6, 6.07) is 15.4. The van der Waals surface area contributed by atoms with Gasteiger partial charge in [-0.2, -0.15) is 0 Å². The van der Waals surface area contributed by atoms with Gasteiger partial charge in [-0.05, 0) is 48.7 Å². The molecule has 0 fully saturated rings. The molecule has 2 rings (SSSR count). The molecule has 0 saturated heterocycles. The van der Waals surface area contributed by atoms with Crippen molar-refractivity contribution in [1.29, 1.82) is 0 Å². The van der Waals surface area contributed by atoms with Gasteiger partial charge in [0, 0.05) is 4.47 Å². The van der Waals surface area contributed by atoms with Crippen molar-refractivity contribution in [2.24, 2.45) is 0 Å². The van der Waals surface area contributed by atoms with Gasteiger partial charge in [0.05, 0.1) is 6.04 Å². The number of hydrogen-bond donors (Lipinski definition) is 1. The average molecular weight is 318 g/mol. The summed E-state index contributed by atoms with van der Waals surface area (Å²) in [5, 5.41) is 3.58. The van der Waals surface area contributed by atoms with Crippen molar-refractivity contribution in [3.63, 3.8) is 0 Å². The van der Waals surface area contributed by atoms with Gasteiger partial charge in [-0.25, -0.2) is 0 Å². The van der Waals surface area contributed by atoms with Crippen LogP contribution in [0.25, 0.3) is 0 Å². The Labute approximate surface area is 124 Å². The molecule has 0 saturated carbocycles. The molecule has 0 spiro atoms. The summed E-state index contributed by atoms with van der Waals surface area (Å²) >= 11 is 3.63. The summed E-state index contributed by atoms with van der Waals surface area (Å²) in [5.41, 5.74) is 5.24. The van der Waals surface area contributed by atoms with Gasteiger partial charge in [0.1, 0.15) is 0 Å². The molecule has 2 aromatic carbocycles. The van der Waals surface area contributed by atoms with Gasteiger partial charge >= 0.3 is 0 Å². The summed E-state index contributed by atoms with van der Waals surface area (Å²) in [6.45, 7) is 7.38. The predicted molar refractivity (Wildman–Crippen MR) is 85.6 cm³/mol. The molecule has 0 aliphatic carbocycles. The maximum absolute atomic E-state index is 3.63. The normalized spacial score (nSPS) is 12.4. The third-order valence-corrected chi connectivity index (χ3v) is 4.29. The quantitative estimate of drug-likeness (QED) is 0.856. The number of rotatable bonds is 4. The SMILES string of the molecule is CCNC(c1ccc(C)c(Br)c1)c1ccccc1C. The molecule has 1 unspecified atom stereocenters. The Hall–Kier alpha value is -1.12. The third kappa shape index (κ3) is 3.26. The smallest absolute Gasteiger partial charge is 0.0579 e. The van der Waals surface area contributed by atoms with Crippen LogP contribution in [-0.2, 0) is 0 Å². The first-order chi connectivity index (χ1) is 9.13. The van der Waals surface area contributed by atoms with Gasteiger partial charge in [-0.15, -0.1) is 0 Å². The molecule has 0 heterocycles. The van der Waals surface area contributed by atoms with Crippen LogP contribution in [0.3, 0.4) is 0 Å². The molecule has 1 atom stereocenters. The van der Waals surface area contributed by atoms with Crippen molar-refractivity contribution in [3.8, 4) is 0 Å². The Kier molecular flexibility index (Phi) is 4.78. The van der Waals surface area contributed by atoms with E-state index in [9.17, 15) is 0 Å². The molecule has 0 radical (unpaired) electrons. The van der Waals surface area contributed by atoms with E-state index in [-0.39, 0.29) is 6.04 Å². The number of nitrogens with one attached hydrogen (secondary N) is 1. The number of benzene rings is 2. The maximum Gasteiger partial charge on any atom is 0.0579 e. The van der Waals surface area contributed by atoms with E-state index in [0.717, 1.165) is 6.54 Å². The van der Waals surface area contributed by atoms with E-state index in [1.807, 2.05) is 0 Å². The van der Waals surface area contributed by atoms with Gasteiger partial charge in [0.15, 0.2) is 0 Å². The van der Waals surface area contributed by atoms with Crippen LogP contribution in [-0.4, -0.2) is 6.54 Å². The highest BCUT2D eigenvalue weighted by atomic mass is 79.9. The van der Waals surface area contributed by atoms with Crippen LogP contribution < -0.4 is 5.32 Å². The van der Waals surface area contributed by atoms with Crippen LogP contribution in [0.15, 0.2) is 46.9 Å². The summed E-state index contributed by atoms with van der Waals surface area (Å²) in [4.78, 5) is 0. The fraction of sp³-hybridized carbons (Fsp3) is 0.294. The van der Waals surface area contributed by atoms with Crippen LogP contribution >= 0.6 is 15.9 Å². The molecule has 19 heavy (non-hydrogen) atoms. The third-order valence-electron chi connectivity index (χ3n) is 3.44. The minimum absolute atomic E-state index is 0.253. The van der Waals surface area contributed by atoms with E-state index in [2.05, 4.69) is 84.5 Å². The minimum atomic E-state index is 0.253.